The molecule has 2 heterocycles. The van der Waals surface area contributed by atoms with Crippen molar-refractivity contribution in [3.8, 4) is 0 Å². The van der Waals surface area contributed by atoms with E-state index in [-0.39, 0.29) is 41.7 Å². The number of nitrogens with one attached hydrogen (secondary N) is 2. The Morgan fingerprint density at radius 3 is 2.70 bits per heavy atom. The maximum Gasteiger partial charge on any atom is 0.191 e. The molecule has 1 aliphatic heterocycles. The summed E-state index contributed by atoms with van der Waals surface area (Å²) in [5.41, 5.74) is 1.98. The minimum absolute atomic E-state index is 0. The molecule has 0 saturated carbocycles. The average molecular weight is 505 g/mol. The van der Waals surface area contributed by atoms with Gasteiger partial charge < -0.3 is 15.1 Å². The first-order chi connectivity index (χ1) is 12.3. The third-order valence-electron chi connectivity index (χ3n) is 4.63. The van der Waals surface area contributed by atoms with Crippen molar-refractivity contribution >= 4 is 50.7 Å². The number of para-hydroxylation sites is 1. The van der Waals surface area contributed by atoms with E-state index in [2.05, 4.69) is 15.6 Å². The standard InChI is InChI=1S/C19H27N3O3S.HI/c1-13(2)22-19(20-10-15-8-9-26(23,24)12-15)21-11-18-14(3)16-6-4-5-7-17(16)25-18;/h4-7,13,15H,8-12H2,1-3H3,(H2,20,21,22);1H. The number of hydrogen-bond donors (Lipinski definition) is 2. The van der Waals surface area contributed by atoms with Gasteiger partial charge in [0.25, 0.3) is 0 Å². The Labute approximate surface area is 178 Å². The normalized spacial score (nSPS) is 19.3. The zero-order chi connectivity index (χ0) is 18.7. The number of sulfone groups is 1. The summed E-state index contributed by atoms with van der Waals surface area (Å²) in [4.78, 5) is 4.64. The molecule has 1 aromatic heterocycles. The van der Waals surface area contributed by atoms with Gasteiger partial charge in [-0.05, 0) is 39.2 Å². The number of nitrogens with zero attached hydrogens (tertiary/aromatic N) is 1. The monoisotopic (exact) mass is 505 g/mol. The van der Waals surface area contributed by atoms with Crippen molar-refractivity contribution in [2.75, 3.05) is 18.1 Å². The number of guanidine groups is 1. The molecule has 3 rings (SSSR count). The number of fused-ring (bicyclic) bond motifs is 1. The Kier molecular flexibility index (Phi) is 7.55. The molecule has 0 spiro atoms. The summed E-state index contributed by atoms with van der Waals surface area (Å²) in [5.74, 6) is 2.23. The second kappa shape index (κ2) is 9.27. The molecule has 6 nitrogen and oxygen atoms in total. The molecule has 0 aliphatic carbocycles. The van der Waals surface area contributed by atoms with Crippen molar-refractivity contribution < 1.29 is 12.8 Å². The molecular formula is C19H28IN3O3S. The van der Waals surface area contributed by atoms with Gasteiger partial charge in [0.2, 0.25) is 0 Å². The van der Waals surface area contributed by atoms with E-state index in [0.29, 0.717) is 31.2 Å². The summed E-state index contributed by atoms with van der Waals surface area (Å²) in [6.45, 7) is 7.18. The van der Waals surface area contributed by atoms with Gasteiger partial charge in [-0.1, -0.05) is 18.2 Å². The molecule has 8 heteroatoms. The lowest BCUT2D eigenvalue weighted by molar-refractivity contribution is 0.542. The molecule has 1 atom stereocenters. The number of furan rings is 1. The predicted molar refractivity (Wildman–Crippen MR) is 121 cm³/mol. The van der Waals surface area contributed by atoms with E-state index >= 15 is 0 Å². The molecule has 0 amide bonds. The highest BCUT2D eigenvalue weighted by Gasteiger charge is 2.27. The van der Waals surface area contributed by atoms with Gasteiger partial charge in [0.15, 0.2) is 15.8 Å². The van der Waals surface area contributed by atoms with Crippen molar-refractivity contribution in [2.24, 2.45) is 10.9 Å². The quantitative estimate of drug-likeness (QED) is 0.371. The Morgan fingerprint density at radius 2 is 2.07 bits per heavy atom. The SMILES string of the molecule is Cc1c(CN=C(NCC2CCS(=O)(=O)C2)NC(C)C)oc2ccccc12.I. The van der Waals surface area contributed by atoms with Crippen LogP contribution < -0.4 is 10.6 Å². The predicted octanol–water partition coefficient (Wildman–Crippen LogP) is 3.24. The minimum atomic E-state index is -2.86. The van der Waals surface area contributed by atoms with E-state index in [4.69, 9.17) is 4.42 Å². The van der Waals surface area contributed by atoms with Crippen molar-refractivity contribution in [3.05, 3.63) is 35.6 Å². The highest BCUT2D eigenvalue weighted by Crippen LogP contribution is 2.25. The van der Waals surface area contributed by atoms with Gasteiger partial charge in [0, 0.05) is 23.5 Å². The van der Waals surface area contributed by atoms with E-state index in [9.17, 15) is 8.42 Å². The first kappa shape index (κ1) is 22.0. The summed E-state index contributed by atoms with van der Waals surface area (Å²) in [6, 6.07) is 8.20. The molecule has 0 radical (unpaired) electrons. The maximum atomic E-state index is 11.6. The van der Waals surface area contributed by atoms with E-state index in [0.717, 1.165) is 22.3 Å². The number of rotatable bonds is 5. The fraction of sp³-hybridized carbons (Fsp3) is 0.526. The third kappa shape index (κ3) is 5.84. The summed E-state index contributed by atoms with van der Waals surface area (Å²) >= 11 is 0. The second-order valence-corrected chi connectivity index (χ2v) is 9.49. The van der Waals surface area contributed by atoms with Crippen LogP contribution in [-0.2, 0) is 16.4 Å². The van der Waals surface area contributed by atoms with Crippen LogP contribution in [0.4, 0.5) is 0 Å². The average Bonchev–Trinajstić information content (AvgIpc) is 3.09. The van der Waals surface area contributed by atoms with E-state index in [1.165, 1.54) is 0 Å². The van der Waals surface area contributed by atoms with Crippen molar-refractivity contribution in [2.45, 2.75) is 39.8 Å². The van der Waals surface area contributed by atoms with Crippen LogP contribution >= 0.6 is 24.0 Å². The lowest BCUT2D eigenvalue weighted by atomic mass is 10.1. The van der Waals surface area contributed by atoms with Crippen LogP contribution in [0.1, 0.15) is 31.6 Å². The number of hydrogen-bond acceptors (Lipinski definition) is 4. The molecule has 2 N–H and O–H groups in total. The molecule has 1 aromatic carbocycles. The number of aryl methyl sites for hydroxylation is 1. The first-order valence-electron chi connectivity index (χ1n) is 9.06. The largest absolute Gasteiger partial charge is 0.459 e. The molecular weight excluding hydrogens is 477 g/mol. The molecule has 27 heavy (non-hydrogen) atoms. The molecule has 0 bridgehead atoms. The van der Waals surface area contributed by atoms with Crippen molar-refractivity contribution in [1.29, 1.82) is 0 Å². The van der Waals surface area contributed by atoms with Crippen LogP contribution in [0.3, 0.4) is 0 Å². The second-order valence-electron chi connectivity index (χ2n) is 7.26. The Hall–Kier alpha value is -1.29. The topological polar surface area (TPSA) is 83.7 Å². The van der Waals surface area contributed by atoms with E-state index < -0.39 is 9.84 Å². The number of aliphatic imine (C=N–C) groups is 1. The van der Waals surface area contributed by atoms with Gasteiger partial charge in [-0.3, -0.25) is 0 Å². The van der Waals surface area contributed by atoms with Gasteiger partial charge in [-0.2, -0.15) is 0 Å². The molecule has 1 saturated heterocycles. The Morgan fingerprint density at radius 1 is 1.33 bits per heavy atom. The summed E-state index contributed by atoms with van der Waals surface area (Å²) in [7, 11) is -2.86. The lowest BCUT2D eigenvalue weighted by Crippen LogP contribution is -2.43. The zero-order valence-corrected chi connectivity index (χ0v) is 19.1. The smallest absolute Gasteiger partial charge is 0.191 e. The van der Waals surface area contributed by atoms with Crippen LogP contribution in [0.25, 0.3) is 11.0 Å². The molecule has 150 valence electrons. The van der Waals surface area contributed by atoms with Crippen LogP contribution in [0.15, 0.2) is 33.7 Å². The van der Waals surface area contributed by atoms with Crippen LogP contribution in [0.5, 0.6) is 0 Å². The molecule has 1 unspecified atom stereocenters. The first-order valence-corrected chi connectivity index (χ1v) is 10.9. The Bertz CT molecular complexity index is 906. The van der Waals surface area contributed by atoms with E-state index in [1.54, 1.807) is 0 Å². The number of benzene rings is 1. The fourth-order valence-corrected chi connectivity index (χ4v) is 5.09. The number of halogens is 1. The maximum absolute atomic E-state index is 11.6. The highest BCUT2D eigenvalue weighted by atomic mass is 127. The van der Waals surface area contributed by atoms with Gasteiger partial charge in [-0.15, -0.1) is 24.0 Å². The third-order valence-corrected chi connectivity index (χ3v) is 6.47. The fourth-order valence-electron chi connectivity index (χ4n) is 3.23. The summed E-state index contributed by atoms with van der Waals surface area (Å²) in [5, 5.41) is 7.69. The summed E-state index contributed by atoms with van der Waals surface area (Å²) < 4.78 is 29.1. The molecule has 1 fully saturated rings. The van der Waals surface area contributed by atoms with Crippen LogP contribution in [0.2, 0.25) is 0 Å². The van der Waals surface area contributed by atoms with Crippen LogP contribution in [-0.4, -0.2) is 38.5 Å². The minimum Gasteiger partial charge on any atom is -0.459 e. The zero-order valence-electron chi connectivity index (χ0n) is 16.0. The van der Waals surface area contributed by atoms with E-state index in [1.807, 2.05) is 45.0 Å². The van der Waals surface area contributed by atoms with Gasteiger partial charge in [0.05, 0.1) is 11.5 Å². The van der Waals surface area contributed by atoms with Gasteiger partial charge in [-0.25, -0.2) is 13.4 Å². The van der Waals surface area contributed by atoms with Crippen molar-refractivity contribution in [1.82, 2.24) is 10.6 Å². The van der Waals surface area contributed by atoms with Crippen molar-refractivity contribution in [3.63, 3.8) is 0 Å². The van der Waals surface area contributed by atoms with Gasteiger partial charge in [0.1, 0.15) is 17.9 Å². The Balaban J connectivity index is 0.00000261. The highest BCUT2D eigenvalue weighted by molar-refractivity contribution is 14.0. The lowest BCUT2D eigenvalue weighted by Gasteiger charge is -2.17. The van der Waals surface area contributed by atoms with Crippen LogP contribution in [0, 0.1) is 12.8 Å². The molecule has 2 aromatic rings. The summed E-state index contributed by atoms with van der Waals surface area (Å²) in [6.07, 6.45) is 0.715. The molecule has 1 aliphatic rings. The van der Waals surface area contributed by atoms with Gasteiger partial charge >= 0.3 is 0 Å².